The molecule has 2 N–H and O–H groups in total. The van der Waals surface area contributed by atoms with E-state index in [4.69, 9.17) is 23.9 Å². The highest BCUT2D eigenvalue weighted by molar-refractivity contribution is 6.14. The van der Waals surface area contributed by atoms with Crippen LogP contribution in [0, 0.1) is 0 Å². The van der Waals surface area contributed by atoms with Gasteiger partial charge in [-0.05, 0) is 48.7 Å². The molecule has 1 aliphatic heterocycles. The van der Waals surface area contributed by atoms with E-state index >= 15 is 0 Å². The zero-order valence-electron chi connectivity index (χ0n) is 22.7. The summed E-state index contributed by atoms with van der Waals surface area (Å²) < 4.78 is 23.6. The van der Waals surface area contributed by atoms with E-state index in [1.165, 1.54) is 7.11 Å². The van der Waals surface area contributed by atoms with Crippen LogP contribution in [0.2, 0.25) is 0 Å². The molecule has 1 aliphatic rings. The molecule has 2 aromatic carbocycles. The van der Waals surface area contributed by atoms with Crippen LogP contribution in [0.1, 0.15) is 39.3 Å². The van der Waals surface area contributed by atoms with E-state index in [2.05, 4.69) is 10.6 Å². The smallest absolute Gasteiger partial charge is 0.356 e. The van der Waals surface area contributed by atoms with Crippen LogP contribution in [-0.4, -0.2) is 55.5 Å². The first-order valence-corrected chi connectivity index (χ1v) is 13.1. The second-order valence-electron chi connectivity index (χ2n) is 9.42. The Balaban J connectivity index is 1.54. The van der Waals surface area contributed by atoms with Crippen LogP contribution >= 0.6 is 0 Å². The quantitative estimate of drug-likeness (QED) is 0.272. The molecular formula is C30H32N4O6. The summed E-state index contributed by atoms with van der Waals surface area (Å²) in [6.45, 7) is 1.57. The van der Waals surface area contributed by atoms with Crippen molar-refractivity contribution in [3.63, 3.8) is 0 Å². The first-order chi connectivity index (χ1) is 19.5. The fourth-order valence-electron chi connectivity index (χ4n) is 4.90. The van der Waals surface area contributed by atoms with Crippen molar-refractivity contribution in [2.75, 3.05) is 38.6 Å². The number of hydrogen-bond acceptors (Lipinski definition) is 8. The maximum atomic E-state index is 13.2. The van der Waals surface area contributed by atoms with E-state index in [0.29, 0.717) is 59.2 Å². The highest BCUT2D eigenvalue weighted by Gasteiger charge is 2.29. The van der Waals surface area contributed by atoms with E-state index in [9.17, 15) is 9.59 Å². The lowest BCUT2D eigenvalue weighted by Gasteiger charge is -2.14. The van der Waals surface area contributed by atoms with Gasteiger partial charge in [-0.3, -0.25) is 4.79 Å². The number of fused-ring (bicyclic) bond motifs is 1. The average Bonchev–Trinajstić information content (AvgIpc) is 3.62. The number of benzene rings is 2. The Morgan fingerprint density at radius 3 is 2.55 bits per heavy atom. The van der Waals surface area contributed by atoms with Crippen molar-refractivity contribution in [1.82, 2.24) is 9.55 Å². The lowest BCUT2D eigenvalue weighted by Crippen LogP contribution is -2.21. The van der Waals surface area contributed by atoms with Crippen molar-refractivity contribution < 1.29 is 28.5 Å². The number of methoxy groups -OCH3 is 3. The van der Waals surface area contributed by atoms with Crippen molar-refractivity contribution in [2.45, 2.75) is 32.0 Å². The van der Waals surface area contributed by atoms with Crippen molar-refractivity contribution in [1.29, 1.82) is 0 Å². The number of rotatable bonds is 10. The molecule has 3 heterocycles. The van der Waals surface area contributed by atoms with Crippen LogP contribution in [0.25, 0.3) is 11.0 Å². The van der Waals surface area contributed by atoms with Gasteiger partial charge in [-0.25, -0.2) is 9.78 Å². The lowest BCUT2D eigenvalue weighted by molar-refractivity contribution is 0.0580. The summed E-state index contributed by atoms with van der Waals surface area (Å²) in [5.41, 5.74) is 3.27. The summed E-state index contributed by atoms with van der Waals surface area (Å²) in [5, 5.41) is 6.95. The Hall–Kier alpha value is -4.57. The standard InChI is InChI=1S/C30H32N4O6/c1-37-24-12-11-19(14-25(24)38-2)16-31-21-15-23-26(33-29(35)20-8-5-4-6-9-20)27(30(36)39-3)34(28(23)32-17-21)18-22-10-7-13-40-22/h4-6,8-9,11-12,14-15,17,22,31H,7,10,13,16,18H2,1-3H3,(H,33,35). The predicted molar refractivity (Wildman–Crippen MR) is 151 cm³/mol. The third-order valence-corrected chi connectivity index (χ3v) is 6.91. The summed E-state index contributed by atoms with van der Waals surface area (Å²) in [5.74, 6) is 0.371. The second kappa shape index (κ2) is 12.1. The Morgan fingerprint density at radius 2 is 1.85 bits per heavy atom. The number of nitrogens with one attached hydrogen (secondary N) is 2. The van der Waals surface area contributed by atoms with Gasteiger partial charge in [-0.2, -0.15) is 0 Å². The van der Waals surface area contributed by atoms with Crippen LogP contribution in [0.4, 0.5) is 11.4 Å². The highest BCUT2D eigenvalue weighted by Crippen LogP contribution is 2.34. The van der Waals surface area contributed by atoms with Gasteiger partial charge in [0.25, 0.3) is 5.91 Å². The molecule has 40 heavy (non-hydrogen) atoms. The van der Waals surface area contributed by atoms with Gasteiger partial charge >= 0.3 is 5.97 Å². The molecule has 5 rings (SSSR count). The van der Waals surface area contributed by atoms with E-state index in [1.54, 1.807) is 49.2 Å². The number of amides is 1. The first kappa shape index (κ1) is 27.0. The van der Waals surface area contributed by atoms with E-state index < -0.39 is 5.97 Å². The zero-order valence-corrected chi connectivity index (χ0v) is 22.7. The van der Waals surface area contributed by atoms with Crippen LogP contribution in [0.15, 0.2) is 60.8 Å². The highest BCUT2D eigenvalue weighted by atomic mass is 16.5. The summed E-state index contributed by atoms with van der Waals surface area (Å²) >= 11 is 0. The first-order valence-electron chi connectivity index (χ1n) is 13.1. The Bertz CT molecular complexity index is 1510. The monoisotopic (exact) mass is 544 g/mol. The van der Waals surface area contributed by atoms with Crippen molar-refractivity contribution in [3.05, 3.63) is 77.6 Å². The number of nitrogens with zero attached hydrogens (tertiary/aromatic N) is 2. The van der Waals surface area contributed by atoms with E-state index in [0.717, 1.165) is 18.4 Å². The molecule has 0 bridgehead atoms. The summed E-state index contributed by atoms with van der Waals surface area (Å²) in [4.78, 5) is 31.1. The van der Waals surface area contributed by atoms with Crippen molar-refractivity contribution >= 4 is 34.3 Å². The van der Waals surface area contributed by atoms with Gasteiger partial charge in [-0.1, -0.05) is 24.3 Å². The minimum Gasteiger partial charge on any atom is -0.493 e. The number of ether oxygens (including phenoxy) is 4. The molecule has 208 valence electrons. The molecule has 10 heteroatoms. The number of carbonyl (C=O) groups is 2. The molecule has 1 amide bonds. The summed E-state index contributed by atoms with van der Waals surface area (Å²) in [7, 11) is 4.51. The Morgan fingerprint density at radius 1 is 1.05 bits per heavy atom. The molecule has 1 unspecified atom stereocenters. The molecule has 4 aromatic rings. The molecule has 10 nitrogen and oxygen atoms in total. The van der Waals surface area contributed by atoms with E-state index in [1.807, 2.05) is 30.3 Å². The van der Waals surface area contributed by atoms with Crippen LogP contribution in [-0.2, 0) is 22.6 Å². The Labute approximate surface area is 232 Å². The van der Waals surface area contributed by atoms with Gasteiger partial charge in [0.05, 0.1) is 51.5 Å². The van der Waals surface area contributed by atoms with Gasteiger partial charge < -0.3 is 34.1 Å². The van der Waals surface area contributed by atoms with Crippen molar-refractivity contribution in [3.8, 4) is 11.5 Å². The average molecular weight is 545 g/mol. The van der Waals surface area contributed by atoms with Gasteiger partial charge in [0, 0.05) is 24.1 Å². The molecule has 0 saturated carbocycles. The normalized spacial score (nSPS) is 14.6. The van der Waals surface area contributed by atoms with Gasteiger partial charge in [-0.15, -0.1) is 0 Å². The molecule has 1 fully saturated rings. The van der Waals surface area contributed by atoms with E-state index in [-0.39, 0.29) is 17.7 Å². The maximum Gasteiger partial charge on any atom is 0.356 e. The topological polar surface area (TPSA) is 113 Å². The fourth-order valence-corrected chi connectivity index (χ4v) is 4.90. The number of anilines is 2. The Kier molecular flexibility index (Phi) is 8.16. The van der Waals surface area contributed by atoms with Gasteiger partial charge in [0.1, 0.15) is 5.65 Å². The number of pyridine rings is 1. The predicted octanol–water partition coefficient (Wildman–Crippen LogP) is 4.88. The molecule has 0 spiro atoms. The fraction of sp³-hybridized carbons (Fsp3) is 0.300. The number of aromatic nitrogens is 2. The molecule has 1 atom stereocenters. The minimum absolute atomic E-state index is 0.0682. The van der Waals surface area contributed by atoms with Crippen LogP contribution < -0.4 is 20.1 Å². The van der Waals surface area contributed by atoms with Gasteiger partial charge in [0.15, 0.2) is 17.2 Å². The zero-order chi connectivity index (χ0) is 28.1. The summed E-state index contributed by atoms with van der Waals surface area (Å²) in [6, 6.07) is 16.4. The maximum absolute atomic E-state index is 13.2. The molecule has 2 aromatic heterocycles. The van der Waals surface area contributed by atoms with Crippen LogP contribution in [0.5, 0.6) is 11.5 Å². The SMILES string of the molecule is COC(=O)c1c(NC(=O)c2ccccc2)c2cc(NCc3ccc(OC)c(OC)c3)cnc2n1CC1CCCO1. The van der Waals surface area contributed by atoms with Gasteiger partial charge in [0.2, 0.25) is 0 Å². The number of hydrogen-bond donors (Lipinski definition) is 2. The molecular weight excluding hydrogens is 512 g/mol. The van der Waals surface area contributed by atoms with Crippen LogP contribution in [0.3, 0.4) is 0 Å². The third-order valence-electron chi connectivity index (χ3n) is 6.91. The molecule has 0 aliphatic carbocycles. The lowest BCUT2D eigenvalue weighted by atomic mass is 10.2. The summed E-state index contributed by atoms with van der Waals surface area (Å²) in [6.07, 6.45) is 3.46. The largest absolute Gasteiger partial charge is 0.493 e. The number of carbonyl (C=O) groups excluding carboxylic acids is 2. The molecule has 0 radical (unpaired) electrons. The van der Waals surface area contributed by atoms with Crippen molar-refractivity contribution in [2.24, 2.45) is 0 Å². The number of esters is 1. The second-order valence-corrected chi connectivity index (χ2v) is 9.42. The molecule has 1 saturated heterocycles. The minimum atomic E-state index is -0.570. The third kappa shape index (κ3) is 5.57.